The van der Waals surface area contributed by atoms with Crippen molar-refractivity contribution in [2.24, 2.45) is 7.05 Å². The molecular formula is C33H38N4O7. The van der Waals surface area contributed by atoms with Gasteiger partial charge in [-0.1, -0.05) is 61.2 Å². The SMILES string of the molecule is C=CCOC(=O)c1cc(NC(=O)[C@@H](CCNC(=O)OCC2c3ccccc3-c3ccccc32)NC(=O)OC(C)(C)C)cn1C. The van der Waals surface area contributed by atoms with Gasteiger partial charge in [-0.3, -0.25) is 4.79 Å². The van der Waals surface area contributed by atoms with E-state index in [9.17, 15) is 19.2 Å². The minimum Gasteiger partial charge on any atom is -0.457 e. The highest BCUT2D eigenvalue weighted by atomic mass is 16.6. The number of rotatable bonds is 11. The van der Waals surface area contributed by atoms with Crippen LogP contribution >= 0.6 is 0 Å². The molecule has 11 heteroatoms. The van der Waals surface area contributed by atoms with E-state index in [1.165, 1.54) is 16.7 Å². The van der Waals surface area contributed by atoms with E-state index >= 15 is 0 Å². The Morgan fingerprint density at radius 2 is 1.61 bits per heavy atom. The first-order valence-corrected chi connectivity index (χ1v) is 14.3. The Labute approximate surface area is 256 Å². The predicted octanol–water partition coefficient (Wildman–Crippen LogP) is 5.13. The van der Waals surface area contributed by atoms with Crippen molar-refractivity contribution in [3.8, 4) is 11.1 Å². The van der Waals surface area contributed by atoms with Crippen LogP contribution in [0.15, 0.2) is 73.4 Å². The van der Waals surface area contributed by atoms with Gasteiger partial charge in [-0.15, -0.1) is 0 Å². The first kappa shape index (κ1) is 31.9. The van der Waals surface area contributed by atoms with Crippen LogP contribution in [0, 0.1) is 0 Å². The smallest absolute Gasteiger partial charge is 0.408 e. The van der Waals surface area contributed by atoms with Gasteiger partial charge < -0.3 is 34.7 Å². The summed E-state index contributed by atoms with van der Waals surface area (Å²) >= 11 is 0. The Morgan fingerprint density at radius 1 is 0.977 bits per heavy atom. The highest BCUT2D eigenvalue weighted by Gasteiger charge is 2.29. The standard InChI is InChI=1S/C33H38N4O7/c1-6-17-42-30(39)28-18-21(19-37(28)5)35-29(38)27(36-32(41)44-33(2,3)4)15-16-34-31(40)43-20-26-24-13-9-7-11-22(24)23-12-8-10-14-25(23)26/h6-14,18-19,26-27H,1,15-17,20H2,2-5H3,(H,34,40)(H,35,38)(H,36,41)/t27-/m1/s1. The molecule has 1 heterocycles. The van der Waals surface area contributed by atoms with Gasteiger partial charge in [0.25, 0.3) is 0 Å². The monoisotopic (exact) mass is 602 g/mol. The molecule has 0 radical (unpaired) electrons. The van der Waals surface area contributed by atoms with Crippen molar-refractivity contribution >= 4 is 29.8 Å². The molecule has 3 amide bonds. The number of fused-ring (bicyclic) bond motifs is 3. The molecule has 1 aliphatic rings. The van der Waals surface area contributed by atoms with Gasteiger partial charge in [0.1, 0.15) is 30.6 Å². The number of carbonyl (C=O) groups excluding carboxylic acids is 4. The van der Waals surface area contributed by atoms with Crippen LogP contribution < -0.4 is 16.0 Å². The van der Waals surface area contributed by atoms with Crippen LogP contribution in [0.3, 0.4) is 0 Å². The second kappa shape index (κ2) is 13.9. The topological polar surface area (TPSA) is 137 Å². The maximum absolute atomic E-state index is 13.2. The number of hydrogen-bond donors (Lipinski definition) is 3. The van der Waals surface area contributed by atoms with E-state index in [1.54, 1.807) is 34.0 Å². The lowest BCUT2D eigenvalue weighted by molar-refractivity contribution is -0.118. The van der Waals surface area contributed by atoms with Gasteiger partial charge in [0.15, 0.2) is 0 Å². The predicted molar refractivity (Wildman–Crippen MR) is 165 cm³/mol. The lowest BCUT2D eigenvalue weighted by Gasteiger charge is -2.23. The lowest BCUT2D eigenvalue weighted by atomic mass is 9.98. The first-order valence-electron chi connectivity index (χ1n) is 14.3. The van der Waals surface area contributed by atoms with Gasteiger partial charge in [-0.25, -0.2) is 14.4 Å². The summed E-state index contributed by atoms with van der Waals surface area (Å²) in [5, 5.41) is 7.93. The summed E-state index contributed by atoms with van der Waals surface area (Å²) in [7, 11) is 1.63. The molecule has 0 fully saturated rings. The number of hydrogen-bond acceptors (Lipinski definition) is 7. The molecule has 3 N–H and O–H groups in total. The van der Waals surface area contributed by atoms with Crippen molar-refractivity contribution < 1.29 is 33.4 Å². The molecule has 0 saturated heterocycles. The van der Waals surface area contributed by atoms with Gasteiger partial charge in [-0.2, -0.15) is 0 Å². The number of alkyl carbamates (subject to hydrolysis) is 2. The lowest BCUT2D eigenvalue weighted by Crippen LogP contribution is -2.47. The Hall–Kier alpha value is -5.06. The number of amides is 3. The van der Waals surface area contributed by atoms with Crippen LogP contribution in [0.1, 0.15) is 54.7 Å². The number of ether oxygens (including phenoxy) is 3. The first-order chi connectivity index (χ1) is 21.0. The van der Waals surface area contributed by atoms with Crippen molar-refractivity contribution in [2.75, 3.05) is 25.1 Å². The summed E-state index contributed by atoms with van der Waals surface area (Å²) < 4.78 is 17.5. The van der Waals surface area contributed by atoms with Crippen LogP contribution in [-0.2, 0) is 26.1 Å². The fourth-order valence-electron chi connectivity index (χ4n) is 4.96. The minimum atomic E-state index is -1.07. The molecule has 1 aromatic heterocycles. The Kier molecular flexibility index (Phi) is 10.1. The summed E-state index contributed by atoms with van der Waals surface area (Å²) in [5.41, 5.74) is 4.19. The Balaban J connectivity index is 1.36. The van der Waals surface area contributed by atoms with E-state index in [2.05, 4.69) is 34.7 Å². The minimum absolute atomic E-state index is 0.0263. The van der Waals surface area contributed by atoms with Gasteiger partial charge in [-0.05, 0) is 55.5 Å². The second-order valence-corrected chi connectivity index (χ2v) is 11.3. The molecular weight excluding hydrogens is 564 g/mol. The molecule has 0 spiro atoms. The van der Waals surface area contributed by atoms with Crippen LogP contribution in [0.5, 0.6) is 0 Å². The molecule has 0 unspecified atom stereocenters. The van der Waals surface area contributed by atoms with Crippen molar-refractivity contribution in [3.63, 3.8) is 0 Å². The number of aryl methyl sites for hydroxylation is 1. The number of carbonyl (C=O) groups is 4. The van der Waals surface area contributed by atoms with Crippen molar-refractivity contribution in [2.45, 2.75) is 44.8 Å². The highest BCUT2D eigenvalue weighted by molar-refractivity contribution is 5.98. The average molecular weight is 603 g/mol. The Morgan fingerprint density at radius 3 is 2.23 bits per heavy atom. The fourth-order valence-corrected chi connectivity index (χ4v) is 4.96. The molecule has 2 aromatic carbocycles. The Bertz CT molecular complexity index is 1490. The highest BCUT2D eigenvalue weighted by Crippen LogP contribution is 2.44. The third-order valence-corrected chi connectivity index (χ3v) is 6.87. The molecule has 232 valence electrons. The van der Waals surface area contributed by atoms with Gasteiger partial charge in [0.2, 0.25) is 5.91 Å². The summed E-state index contributed by atoms with van der Waals surface area (Å²) in [6, 6.07) is 16.5. The quantitative estimate of drug-likeness (QED) is 0.157. The maximum Gasteiger partial charge on any atom is 0.408 e. The van der Waals surface area contributed by atoms with E-state index in [4.69, 9.17) is 14.2 Å². The number of nitrogens with one attached hydrogen (secondary N) is 3. The number of benzene rings is 2. The molecule has 4 rings (SSSR count). The molecule has 1 atom stereocenters. The molecule has 1 aliphatic carbocycles. The maximum atomic E-state index is 13.2. The zero-order chi connectivity index (χ0) is 31.9. The van der Waals surface area contributed by atoms with E-state index in [0.29, 0.717) is 5.69 Å². The second-order valence-electron chi connectivity index (χ2n) is 11.3. The summed E-state index contributed by atoms with van der Waals surface area (Å²) in [6.07, 6.45) is 1.60. The third-order valence-electron chi connectivity index (χ3n) is 6.87. The average Bonchev–Trinajstić information content (AvgIpc) is 3.50. The molecule has 3 aromatic rings. The fraction of sp³-hybridized carbons (Fsp3) is 0.333. The third kappa shape index (κ3) is 8.06. The largest absolute Gasteiger partial charge is 0.457 e. The van der Waals surface area contributed by atoms with E-state index in [0.717, 1.165) is 22.3 Å². The van der Waals surface area contributed by atoms with Crippen molar-refractivity contribution in [1.29, 1.82) is 0 Å². The van der Waals surface area contributed by atoms with Gasteiger partial charge in [0.05, 0.1) is 5.69 Å². The van der Waals surface area contributed by atoms with Crippen LogP contribution in [0.2, 0.25) is 0 Å². The van der Waals surface area contributed by atoms with E-state index in [1.807, 2.05) is 36.4 Å². The van der Waals surface area contributed by atoms with Gasteiger partial charge >= 0.3 is 18.2 Å². The normalized spacial score (nSPS) is 12.7. The molecule has 44 heavy (non-hydrogen) atoms. The molecule has 0 saturated carbocycles. The number of esters is 1. The molecule has 0 aliphatic heterocycles. The van der Waals surface area contributed by atoms with E-state index in [-0.39, 0.29) is 37.8 Å². The zero-order valence-corrected chi connectivity index (χ0v) is 25.3. The van der Waals surface area contributed by atoms with Crippen molar-refractivity contribution in [3.05, 3.63) is 90.3 Å². The molecule has 0 bridgehead atoms. The summed E-state index contributed by atoms with van der Waals surface area (Å²) in [4.78, 5) is 50.7. The number of anilines is 1. The van der Waals surface area contributed by atoms with Gasteiger partial charge in [0, 0.05) is 25.7 Å². The van der Waals surface area contributed by atoms with E-state index < -0.39 is 35.7 Å². The number of aromatic nitrogens is 1. The zero-order valence-electron chi connectivity index (χ0n) is 25.3. The van der Waals surface area contributed by atoms with Crippen molar-refractivity contribution in [1.82, 2.24) is 15.2 Å². The molecule has 11 nitrogen and oxygen atoms in total. The van der Waals surface area contributed by atoms with Crippen LogP contribution in [0.25, 0.3) is 11.1 Å². The van der Waals surface area contributed by atoms with Crippen LogP contribution in [0.4, 0.5) is 15.3 Å². The van der Waals surface area contributed by atoms with Crippen LogP contribution in [-0.4, -0.2) is 60.0 Å². The number of nitrogens with zero attached hydrogens (tertiary/aromatic N) is 1. The summed E-state index contributed by atoms with van der Waals surface area (Å²) in [6.45, 7) is 8.85. The summed E-state index contributed by atoms with van der Waals surface area (Å²) in [5.74, 6) is -1.24.